The van der Waals surface area contributed by atoms with Crippen LogP contribution in [0.5, 0.6) is 0 Å². The molecule has 0 unspecified atom stereocenters. The molecule has 2 aliphatic rings. The number of carbonyl (C=O) groups is 6. The Hall–Kier alpha value is -7.04. The monoisotopic (exact) mass is 882 g/mol. The first-order valence-electron chi connectivity index (χ1n) is 20.2. The van der Waals surface area contributed by atoms with Crippen LogP contribution in [0.25, 0.3) is 22.3 Å². The highest BCUT2D eigenvalue weighted by Crippen LogP contribution is 2.33. The lowest BCUT2D eigenvalue weighted by atomic mass is 10.00. The van der Waals surface area contributed by atoms with Crippen molar-refractivity contribution in [3.05, 3.63) is 144 Å². The topological polar surface area (TPSA) is 176 Å². The Labute approximate surface area is 366 Å². The molecule has 0 radical (unpaired) electrons. The van der Waals surface area contributed by atoms with Gasteiger partial charge in [-0.3, -0.25) is 9.59 Å². The summed E-state index contributed by atoms with van der Waals surface area (Å²) in [7, 11) is 0. The number of fused-ring (bicyclic) bond motifs is 1. The van der Waals surface area contributed by atoms with Crippen molar-refractivity contribution in [1.82, 2.24) is 0 Å². The molecule has 4 aromatic rings. The third-order valence-corrected chi connectivity index (χ3v) is 10.2. The predicted molar refractivity (Wildman–Crippen MR) is 222 cm³/mol. The molecule has 0 N–H and O–H groups in total. The number of rotatable bonds is 20. The number of esters is 6. The van der Waals surface area contributed by atoms with Crippen LogP contribution in [0.3, 0.4) is 0 Å². The summed E-state index contributed by atoms with van der Waals surface area (Å²) in [4.78, 5) is 72.3. The van der Waals surface area contributed by atoms with Gasteiger partial charge in [-0.15, -0.1) is 0 Å². The lowest BCUT2D eigenvalue weighted by Crippen LogP contribution is -2.36. The second-order valence-electron chi connectivity index (χ2n) is 14.5. The van der Waals surface area contributed by atoms with Gasteiger partial charge in [-0.25, -0.2) is 28.0 Å². The zero-order valence-corrected chi connectivity index (χ0v) is 34.5. The molecule has 64 heavy (non-hydrogen) atoms. The fourth-order valence-corrected chi connectivity index (χ4v) is 6.86. The molecule has 6 rings (SSSR count). The smallest absolute Gasteiger partial charge is 0.338 e. The first-order chi connectivity index (χ1) is 30.9. The number of halogens is 2. The maximum atomic E-state index is 15.1. The molecule has 4 atom stereocenters. The number of ether oxygens (including phenoxy) is 8. The van der Waals surface area contributed by atoms with Crippen molar-refractivity contribution in [2.24, 2.45) is 0 Å². The standard InChI is InChI=1S/C48H44F2O14/c1-3-41(51)57-21-23-59-43(53)19-7-29-5-17-35(37(49)25-29)31-9-13-33(14-10-31)47(55)63-39-27-61-46-40(28-62-45(39)46)64-48(56)34-15-11-32(12-16-34)36-18-6-30(26-38(36)50)8-20-44(54)60-24-22-58-42(52)4-2/h3-6,9-18,25-26,39-40,45-46H,1-2,7-8,19-24,27-28H2/t39-,40+,45-,46-/m1/s1. The molecule has 4 aromatic carbocycles. The van der Waals surface area contributed by atoms with Crippen molar-refractivity contribution >= 4 is 35.8 Å². The zero-order chi connectivity index (χ0) is 45.6. The van der Waals surface area contributed by atoms with E-state index < -0.39 is 71.9 Å². The van der Waals surface area contributed by atoms with Gasteiger partial charge in [-0.2, -0.15) is 0 Å². The van der Waals surface area contributed by atoms with Crippen molar-refractivity contribution in [3.8, 4) is 22.3 Å². The maximum Gasteiger partial charge on any atom is 0.338 e. The fourth-order valence-electron chi connectivity index (χ4n) is 6.86. The van der Waals surface area contributed by atoms with Gasteiger partial charge in [-0.1, -0.05) is 61.7 Å². The summed E-state index contributed by atoms with van der Waals surface area (Å²) in [5, 5.41) is 0. The summed E-state index contributed by atoms with van der Waals surface area (Å²) in [6, 6.07) is 21.6. The van der Waals surface area contributed by atoms with Gasteiger partial charge >= 0.3 is 35.8 Å². The lowest BCUT2D eigenvalue weighted by Gasteiger charge is -2.17. The minimum absolute atomic E-state index is 0.00132. The van der Waals surface area contributed by atoms with Crippen molar-refractivity contribution in [2.75, 3.05) is 39.6 Å². The van der Waals surface area contributed by atoms with Crippen molar-refractivity contribution in [1.29, 1.82) is 0 Å². The Morgan fingerprint density at radius 2 is 0.922 bits per heavy atom. The molecule has 16 heteroatoms. The summed E-state index contributed by atoms with van der Waals surface area (Å²) in [6.07, 6.45) is -0.476. The van der Waals surface area contributed by atoms with Crippen molar-refractivity contribution in [2.45, 2.75) is 50.1 Å². The van der Waals surface area contributed by atoms with E-state index in [-0.39, 0.29) is 87.6 Å². The summed E-state index contributed by atoms with van der Waals surface area (Å²) < 4.78 is 72.9. The van der Waals surface area contributed by atoms with Gasteiger partial charge in [0.05, 0.1) is 24.3 Å². The molecular weight excluding hydrogens is 839 g/mol. The second-order valence-corrected chi connectivity index (χ2v) is 14.5. The van der Waals surface area contributed by atoms with Gasteiger partial charge in [0, 0.05) is 36.1 Å². The molecule has 0 amide bonds. The Balaban J connectivity index is 0.936. The molecular formula is C48H44F2O14. The van der Waals surface area contributed by atoms with E-state index in [2.05, 4.69) is 13.2 Å². The van der Waals surface area contributed by atoms with Gasteiger partial charge in [0.1, 0.15) is 50.3 Å². The summed E-state index contributed by atoms with van der Waals surface area (Å²) in [6.45, 7) is 6.16. The molecule has 14 nitrogen and oxygen atoms in total. The number of hydrogen-bond acceptors (Lipinski definition) is 14. The van der Waals surface area contributed by atoms with E-state index in [1.54, 1.807) is 48.5 Å². The highest BCUT2D eigenvalue weighted by Gasteiger charge is 2.51. The number of benzene rings is 4. The highest BCUT2D eigenvalue weighted by atomic mass is 19.1. The SMILES string of the molecule is C=CC(=O)OCCOC(=O)CCc1ccc(-c2ccc(C(=O)O[C@H]3CO[C@H]4[C@@H]3OC[C@H]4OC(=O)c3ccc(-c4ccc(CCC(=O)OCCOC(=O)C=C)cc4F)cc3)cc2)c(F)c1. The Kier molecular flexibility index (Phi) is 16.2. The van der Waals surface area contributed by atoms with Gasteiger partial charge < -0.3 is 37.9 Å². The molecule has 2 heterocycles. The highest BCUT2D eigenvalue weighted by molar-refractivity contribution is 5.91. The number of hydrogen-bond donors (Lipinski definition) is 0. The molecule has 2 fully saturated rings. The van der Waals surface area contributed by atoms with Crippen LogP contribution in [0.1, 0.15) is 44.7 Å². The van der Waals surface area contributed by atoms with E-state index in [1.165, 1.54) is 36.4 Å². The van der Waals surface area contributed by atoms with Gasteiger partial charge in [0.25, 0.3) is 0 Å². The average Bonchev–Trinajstić information content (AvgIpc) is 3.90. The maximum absolute atomic E-state index is 15.1. The van der Waals surface area contributed by atoms with Crippen LogP contribution in [0.15, 0.2) is 110 Å². The van der Waals surface area contributed by atoms with E-state index in [4.69, 9.17) is 37.9 Å². The Morgan fingerprint density at radius 3 is 1.28 bits per heavy atom. The van der Waals surface area contributed by atoms with Gasteiger partial charge in [0.15, 0.2) is 12.2 Å². The molecule has 0 aromatic heterocycles. The zero-order valence-electron chi connectivity index (χ0n) is 34.5. The van der Waals surface area contributed by atoms with E-state index >= 15 is 8.78 Å². The van der Waals surface area contributed by atoms with Crippen LogP contribution in [0.4, 0.5) is 8.78 Å². The third-order valence-electron chi connectivity index (χ3n) is 10.2. The summed E-state index contributed by atoms with van der Waals surface area (Å²) in [5.74, 6) is -4.63. The van der Waals surface area contributed by atoms with E-state index in [1.807, 2.05) is 0 Å². The number of carbonyl (C=O) groups excluding carboxylic acids is 6. The molecule has 0 saturated carbocycles. The van der Waals surface area contributed by atoms with Gasteiger partial charge in [0.2, 0.25) is 0 Å². The Bertz CT molecular complexity index is 2200. The molecule has 0 bridgehead atoms. The minimum atomic E-state index is -0.784. The molecule has 334 valence electrons. The van der Waals surface area contributed by atoms with Crippen LogP contribution in [-0.2, 0) is 69.9 Å². The van der Waals surface area contributed by atoms with E-state index in [0.29, 0.717) is 22.3 Å². The fraction of sp³-hybridized carbons (Fsp3) is 0.292. The first kappa shape index (κ1) is 46.5. The van der Waals surface area contributed by atoms with Crippen LogP contribution >= 0.6 is 0 Å². The number of aryl methyl sites for hydroxylation is 2. The summed E-state index contributed by atoms with van der Waals surface area (Å²) >= 11 is 0. The summed E-state index contributed by atoms with van der Waals surface area (Å²) in [5.41, 5.74) is 3.17. The van der Waals surface area contributed by atoms with Gasteiger partial charge in [-0.05, 0) is 71.5 Å². The molecule has 2 aliphatic heterocycles. The quantitative estimate of drug-likeness (QED) is 0.0421. The first-order valence-corrected chi connectivity index (χ1v) is 20.2. The second kappa shape index (κ2) is 22.4. The van der Waals surface area contributed by atoms with Crippen LogP contribution in [0.2, 0.25) is 0 Å². The third kappa shape index (κ3) is 12.5. The normalized spacial score (nSPS) is 17.3. The molecule has 0 spiro atoms. The average molecular weight is 883 g/mol. The Morgan fingerprint density at radius 1 is 0.547 bits per heavy atom. The van der Waals surface area contributed by atoms with Crippen LogP contribution in [-0.4, -0.2) is 99.9 Å². The van der Waals surface area contributed by atoms with Crippen LogP contribution < -0.4 is 0 Å². The predicted octanol–water partition coefficient (Wildman–Crippen LogP) is 6.26. The molecule has 2 saturated heterocycles. The largest absolute Gasteiger partial charge is 0.462 e. The van der Waals surface area contributed by atoms with Crippen molar-refractivity contribution < 1.29 is 75.4 Å². The lowest BCUT2D eigenvalue weighted by molar-refractivity contribution is -0.149. The van der Waals surface area contributed by atoms with E-state index in [9.17, 15) is 28.8 Å². The minimum Gasteiger partial charge on any atom is -0.462 e. The van der Waals surface area contributed by atoms with E-state index in [0.717, 1.165) is 12.2 Å². The molecule has 0 aliphatic carbocycles. The van der Waals surface area contributed by atoms with Crippen LogP contribution in [0, 0.1) is 11.6 Å². The van der Waals surface area contributed by atoms with Crippen molar-refractivity contribution in [3.63, 3.8) is 0 Å².